The van der Waals surface area contributed by atoms with E-state index in [4.69, 9.17) is 28.7 Å². The van der Waals surface area contributed by atoms with Crippen molar-refractivity contribution in [3.05, 3.63) is 54.2 Å². The number of nitrogens with two attached hydrogens (primary N) is 5. The van der Waals surface area contributed by atoms with Gasteiger partial charge in [0.1, 0.15) is 72.5 Å². The Morgan fingerprint density at radius 1 is 0.518 bits per heavy atom. The first kappa shape index (κ1) is 93.1. The van der Waals surface area contributed by atoms with Crippen molar-refractivity contribution in [3.8, 4) is 0 Å². The number of H-pyrrole nitrogens is 2. The number of amides is 18. The second kappa shape index (κ2) is 47.1. The van der Waals surface area contributed by atoms with Gasteiger partial charge in [-0.25, -0.2) is 4.98 Å². The first-order chi connectivity index (χ1) is 52.9. The van der Waals surface area contributed by atoms with E-state index in [0.717, 1.165) is 0 Å². The van der Waals surface area contributed by atoms with Crippen LogP contribution in [0.5, 0.6) is 0 Å². The van der Waals surface area contributed by atoms with Crippen LogP contribution in [0.3, 0.4) is 0 Å². The molecule has 1 saturated heterocycles. The second-order valence-electron chi connectivity index (χ2n) is 28.5. The summed E-state index contributed by atoms with van der Waals surface area (Å²) in [7, 11) is 0. The number of rotatable bonds is 51. The minimum Gasteiger partial charge on any atom is -0.370 e. The molecule has 18 amide bonds. The molecule has 0 spiro atoms. The van der Waals surface area contributed by atoms with E-state index >= 15 is 0 Å². The normalized spacial score (nSPS) is 15.5. The van der Waals surface area contributed by atoms with Gasteiger partial charge in [-0.2, -0.15) is 11.8 Å². The Bertz CT molecular complexity index is 3800. The highest BCUT2D eigenvalue weighted by atomic mass is 32.2. The standard InChI is InChI=1S/C71H110N22O18S/c1-35(2)25-48(90-63(103)44(15-11-12-23-72)87-65(105)46(16-19-53(73)94)88-64(104)45-18-21-56(97)83-45)62(102)79-32-57(98)85-52(29-55(75)96)70(110)89-47(17-20-54(74)95)66(106)92-50(27-39-30-78-42-14-10-9-13-41(39)42)67(107)82-38(7)61(101)93-59(37(5)6)71(111)80-33-58(99)84-51(28-40-31-77-34-81-40)69(109)91-49(26-36(3)4)68(108)86-43(60(76)100)22-24-112-8/h9-10,13-14,30-31,34-38,43-52,59,78H,11-12,15-29,32-33,72H2,1-8H3,(H2,73,94)(H2,74,95)(H2,75,96)(H2,76,100)(H,77,81)(H,79,102)(H,80,111)(H,82,107)(H,83,97)(H,84,99)(H,85,98)(H,86,108)(H,87,105)(H,88,104)(H,89,110)(H,90,103)(H,91,109)(H,92,106)(H,93,101)/t38-,43-,44-,45-,46-,47-,48-,49-,50-,51-,52-,59-/m0/s1. The highest BCUT2D eigenvalue weighted by Gasteiger charge is 2.38. The number of fused-ring (bicyclic) bond motifs is 1. The summed E-state index contributed by atoms with van der Waals surface area (Å²) in [6.45, 7) is 10.1. The van der Waals surface area contributed by atoms with Crippen LogP contribution in [0.15, 0.2) is 43.0 Å². The number of hydrogen-bond acceptors (Lipinski definition) is 21. The van der Waals surface area contributed by atoms with E-state index in [1.54, 1.807) is 58.2 Å². The molecule has 0 bridgehead atoms. The molecule has 3 heterocycles. The summed E-state index contributed by atoms with van der Waals surface area (Å²) in [5.74, 6) is -16.5. The predicted octanol–water partition coefficient (Wildman–Crippen LogP) is -5.94. The Labute approximate surface area is 651 Å². The maximum atomic E-state index is 14.6. The number of benzene rings is 1. The predicted molar refractivity (Wildman–Crippen MR) is 408 cm³/mol. The van der Waals surface area contributed by atoms with Crippen molar-refractivity contribution in [1.29, 1.82) is 0 Å². The van der Waals surface area contributed by atoms with E-state index in [1.807, 2.05) is 20.1 Å². The molecule has 618 valence electrons. The topological polar surface area (TPSA) is 650 Å². The molecule has 1 aliphatic heterocycles. The van der Waals surface area contributed by atoms with Gasteiger partial charge in [0.2, 0.25) is 106 Å². The fourth-order valence-corrected chi connectivity index (χ4v) is 12.2. The lowest BCUT2D eigenvalue weighted by Gasteiger charge is -2.27. The van der Waals surface area contributed by atoms with Crippen molar-refractivity contribution in [1.82, 2.24) is 89.4 Å². The number of carbonyl (C=O) groups is 18. The molecule has 41 heteroatoms. The van der Waals surface area contributed by atoms with Gasteiger partial charge in [0, 0.05) is 61.1 Å². The van der Waals surface area contributed by atoms with E-state index in [9.17, 15) is 86.3 Å². The van der Waals surface area contributed by atoms with Crippen LogP contribution in [-0.4, -0.2) is 225 Å². The Balaban J connectivity index is 1.50. The van der Waals surface area contributed by atoms with Crippen LogP contribution >= 0.6 is 11.8 Å². The SMILES string of the molecule is CSCC[C@H](NC(=O)[C@H](CC(C)C)NC(=O)[C@H](Cc1cnc[nH]1)NC(=O)CNC(=O)[C@@H](NC(=O)[C@H](C)NC(=O)[C@H](Cc1c[nH]c2ccccc12)NC(=O)[C@H](CCC(N)=O)NC(=O)[C@H](CC(N)=O)NC(=O)CNC(=O)[C@H](CC(C)C)NC(=O)[C@H](CCCCN)NC(=O)[C@H](CCC(N)=O)NC(=O)[C@@H]1CCC(=O)N1)C(C)C)C(N)=O. The Hall–Kier alpha value is -11.3. The molecule has 1 aliphatic rings. The average Bonchev–Trinajstić information content (AvgIpc) is 1.66. The summed E-state index contributed by atoms with van der Waals surface area (Å²) >= 11 is 1.44. The lowest BCUT2D eigenvalue weighted by atomic mass is 10.0. The van der Waals surface area contributed by atoms with Crippen LogP contribution < -0.4 is 103 Å². The maximum absolute atomic E-state index is 14.6. The zero-order valence-corrected chi connectivity index (χ0v) is 65.0. The van der Waals surface area contributed by atoms with Crippen LogP contribution in [0.1, 0.15) is 143 Å². The van der Waals surface area contributed by atoms with Crippen LogP contribution in [0.4, 0.5) is 0 Å². The van der Waals surface area contributed by atoms with Crippen LogP contribution in [0.25, 0.3) is 10.9 Å². The van der Waals surface area contributed by atoms with Gasteiger partial charge in [0.15, 0.2) is 0 Å². The maximum Gasteiger partial charge on any atom is 0.243 e. The third kappa shape index (κ3) is 32.7. The molecule has 3 aromatic rings. The molecule has 1 aromatic carbocycles. The molecule has 4 rings (SSSR count). The van der Waals surface area contributed by atoms with Crippen molar-refractivity contribution in [2.75, 3.05) is 31.6 Å². The number of unbranched alkanes of at least 4 members (excludes halogenated alkanes) is 1. The molecule has 2 aromatic heterocycles. The van der Waals surface area contributed by atoms with E-state index in [-0.39, 0.29) is 88.5 Å². The summed E-state index contributed by atoms with van der Waals surface area (Å²) in [5.41, 5.74) is 29.2. The zero-order chi connectivity index (χ0) is 83.5. The van der Waals surface area contributed by atoms with E-state index in [1.165, 1.54) is 31.2 Å². The Kier molecular flexibility index (Phi) is 39.1. The van der Waals surface area contributed by atoms with Gasteiger partial charge >= 0.3 is 0 Å². The van der Waals surface area contributed by atoms with Crippen LogP contribution in [0.2, 0.25) is 0 Å². The van der Waals surface area contributed by atoms with Crippen molar-refractivity contribution in [3.63, 3.8) is 0 Å². The number of thioether (sulfide) groups is 1. The third-order valence-corrected chi connectivity index (χ3v) is 18.4. The van der Waals surface area contributed by atoms with Gasteiger partial charge in [0.05, 0.1) is 25.8 Å². The molecule has 12 atom stereocenters. The van der Waals surface area contributed by atoms with Crippen LogP contribution in [-0.2, 0) is 99.1 Å². The highest BCUT2D eigenvalue weighted by Crippen LogP contribution is 2.21. The van der Waals surface area contributed by atoms with Gasteiger partial charge in [0.25, 0.3) is 0 Å². The van der Waals surface area contributed by atoms with Gasteiger partial charge < -0.3 is 113 Å². The quantitative estimate of drug-likeness (QED) is 0.0234. The molecule has 0 radical (unpaired) electrons. The summed E-state index contributed by atoms with van der Waals surface area (Å²) in [6, 6.07) is -9.77. The lowest BCUT2D eigenvalue weighted by molar-refractivity contribution is -0.136. The van der Waals surface area contributed by atoms with Gasteiger partial charge in [-0.05, 0) is 113 Å². The molecule has 26 N–H and O–H groups in total. The number of primary amides is 4. The first-order valence-electron chi connectivity index (χ1n) is 36.9. The molecule has 112 heavy (non-hydrogen) atoms. The number of hydrogen-bond donors (Lipinski definition) is 21. The minimum absolute atomic E-state index is 0.0183. The van der Waals surface area contributed by atoms with E-state index < -0.39 is 211 Å². The smallest absolute Gasteiger partial charge is 0.243 e. The first-order valence-corrected chi connectivity index (χ1v) is 38.3. The third-order valence-electron chi connectivity index (χ3n) is 17.7. The minimum atomic E-state index is -1.87. The molecular weight excluding hydrogens is 1480 g/mol. The van der Waals surface area contributed by atoms with Crippen molar-refractivity contribution < 1.29 is 86.3 Å². The molecule has 0 saturated carbocycles. The molecular formula is C71H110N22O18S. The molecule has 0 aliphatic carbocycles. The summed E-state index contributed by atoms with van der Waals surface area (Å²) < 4.78 is 0. The Morgan fingerprint density at radius 2 is 1.02 bits per heavy atom. The fraction of sp³-hybridized carbons (Fsp3) is 0.592. The van der Waals surface area contributed by atoms with E-state index in [0.29, 0.717) is 40.8 Å². The van der Waals surface area contributed by atoms with Gasteiger partial charge in [-0.3, -0.25) is 86.3 Å². The van der Waals surface area contributed by atoms with Crippen molar-refractivity contribution in [2.24, 2.45) is 46.4 Å². The number of aromatic nitrogens is 3. The van der Waals surface area contributed by atoms with Crippen molar-refractivity contribution >= 4 is 129 Å². The number of para-hydroxylation sites is 1. The molecule has 0 unspecified atom stereocenters. The van der Waals surface area contributed by atoms with E-state index in [2.05, 4.69) is 89.4 Å². The zero-order valence-electron chi connectivity index (χ0n) is 64.2. The molecule has 40 nitrogen and oxygen atoms in total. The number of aromatic amines is 2. The number of imidazole rings is 1. The number of nitrogens with zero attached hydrogens (tertiary/aromatic N) is 1. The summed E-state index contributed by atoms with van der Waals surface area (Å²) in [6.07, 6.45) is 4.32. The average molecular weight is 1590 g/mol. The largest absolute Gasteiger partial charge is 0.370 e. The second-order valence-corrected chi connectivity index (χ2v) is 29.5. The number of nitrogens with one attached hydrogen (secondary N) is 16. The lowest BCUT2D eigenvalue weighted by Crippen LogP contribution is -2.60. The monoisotopic (exact) mass is 1590 g/mol. The van der Waals surface area contributed by atoms with Gasteiger partial charge in [-0.15, -0.1) is 0 Å². The Morgan fingerprint density at radius 3 is 1.54 bits per heavy atom. The highest BCUT2D eigenvalue weighted by molar-refractivity contribution is 7.98. The fourth-order valence-electron chi connectivity index (χ4n) is 11.7. The summed E-state index contributed by atoms with van der Waals surface area (Å²) in [5, 5.41) is 35.8. The van der Waals surface area contributed by atoms with Crippen LogP contribution in [0, 0.1) is 17.8 Å². The summed E-state index contributed by atoms with van der Waals surface area (Å²) in [4.78, 5) is 251. The molecule has 1 fully saturated rings. The number of carbonyl (C=O) groups excluding carboxylic acids is 18. The van der Waals surface area contributed by atoms with Gasteiger partial charge in [-0.1, -0.05) is 59.7 Å². The van der Waals surface area contributed by atoms with Crippen molar-refractivity contribution in [2.45, 2.75) is 217 Å².